The van der Waals surface area contributed by atoms with Gasteiger partial charge in [-0.2, -0.15) is 5.10 Å². The topological polar surface area (TPSA) is 119 Å². The summed E-state index contributed by atoms with van der Waals surface area (Å²) in [5, 5.41) is 16.7. The summed E-state index contributed by atoms with van der Waals surface area (Å²) in [6, 6.07) is 4.14. The zero-order valence-corrected chi connectivity index (χ0v) is 14.2. The minimum atomic E-state index is -0.582. The van der Waals surface area contributed by atoms with Crippen LogP contribution in [0.15, 0.2) is 30.6 Å². The molecule has 1 aromatic carbocycles. The number of hydrogen-bond donors (Lipinski definition) is 3. The Morgan fingerprint density at radius 1 is 1.38 bits per heavy atom. The molecule has 0 fully saturated rings. The number of nitrogens with zero attached hydrogens (tertiary/aromatic N) is 4. The molecule has 0 atom stereocenters. The van der Waals surface area contributed by atoms with E-state index in [4.69, 9.17) is 5.73 Å². The summed E-state index contributed by atoms with van der Waals surface area (Å²) in [6.07, 6.45) is 2.82. The molecule has 4 N–H and O–H groups in total. The standard InChI is InChI=1S/C17H17FN6O2/c1-9-5-12(18)3-4-13(9)24-8-14(25)15(23-24)17(26)21-7-11-6-20-10(2)22-16(11)19/h3-6,8,25H,7H2,1-2H3,(H,21,26)(H2,19,20,22). The van der Waals surface area contributed by atoms with Crippen molar-refractivity contribution < 1.29 is 14.3 Å². The Labute approximate surface area is 148 Å². The molecule has 9 heteroatoms. The second kappa shape index (κ2) is 6.79. The van der Waals surface area contributed by atoms with Crippen LogP contribution in [0.25, 0.3) is 5.69 Å². The second-order valence-electron chi connectivity index (χ2n) is 5.75. The molecule has 134 valence electrons. The van der Waals surface area contributed by atoms with Crippen molar-refractivity contribution in [3.05, 3.63) is 59.1 Å². The molecule has 0 radical (unpaired) electrons. The van der Waals surface area contributed by atoms with Gasteiger partial charge in [-0.3, -0.25) is 4.79 Å². The maximum absolute atomic E-state index is 13.2. The summed E-state index contributed by atoms with van der Waals surface area (Å²) in [4.78, 5) is 20.4. The molecule has 3 rings (SSSR count). The Bertz CT molecular complexity index is 985. The number of aromatic nitrogens is 4. The monoisotopic (exact) mass is 356 g/mol. The first-order chi connectivity index (χ1) is 12.3. The maximum Gasteiger partial charge on any atom is 0.275 e. The number of nitrogens with one attached hydrogen (secondary N) is 1. The number of nitrogen functional groups attached to an aromatic ring is 1. The highest BCUT2D eigenvalue weighted by atomic mass is 19.1. The van der Waals surface area contributed by atoms with Gasteiger partial charge in [-0.05, 0) is 37.6 Å². The van der Waals surface area contributed by atoms with E-state index in [0.717, 1.165) is 0 Å². The highest BCUT2D eigenvalue weighted by Gasteiger charge is 2.18. The van der Waals surface area contributed by atoms with Gasteiger partial charge in [0.1, 0.15) is 17.5 Å². The van der Waals surface area contributed by atoms with Crippen LogP contribution in [0.5, 0.6) is 5.75 Å². The van der Waals surface area contributed by atoms with Crippen molar-refractivity contribution >= 4 is 11.7 Å². The van der Waals surface area contributed by atoms with E-state index in [9.17, 15) is 14.3 Å². The van der Waals surface area contributed by atoms with E-state index in [1.165, 1.54) is 35.3 Å². The van der Waals surface area contributed by atoms with Crippen molar-refractivity contribution in [3.63, 3.8) is 0 Å². The third kappa shape index (κ3) is 3.46. The minimum Gasteiger partial charge on any atom is -0.504 e. The van der Waals surface area contributed by atoms with Crippen molar-refractivity contribution in [1.29, 1.82) is 0 Å². The Morgan fingerprint density at radius 2 is 2.15 bits per heavy atom. The molecule has 3 aromatic rings. The first-order valence-corrected chi connectivity index (χ1v) is 7.76. The molecule has 0 aliphatic heterocycles. The van der Waals surface area contributed by atoms with Gasteiger partial charge in [-0.1, -0.05) is 0 Å². The third-order valence-corrected chi connectivity index (χ3v) is 3.77. The minimum absolute atomic E-state index is 0.0901. The molecule has 26 heavy (non-hydrogen) atoms. The number of amides is 1. The summed E-state index contributed by atoms with van der Waals surface area (Å²) in [6.45, 7) is 3.50. The van der Waals surface area contributed by atoms with Gasteiger partial charge in [0.05, 0.1) is 11.9 Å². The van der Waals surface area contributed by atoms with Crippen LogP contribution in [0.2, 0.25) is 0 Å². The number of rotatable bonds is 4. The highest BCUT2D eigenvalue weighted by molar-refractivity contribution is 5.94. The molecular formula is C17H17FN6O2. The molecule has 0 saturated heterocycles. The molecule has 1 amide bonds. The van der Waals surface area contributed by atoms with Crippen molar-refractivity contribution in [2.45, 2.75) is 20.4 Å². The van der Waals surface area contributed by atoms with Gasteiger partial charge in [-0.15, -0.1) is 0 Å². The van der Waals surface area contributed by atoms with Crippen LogP contribution >= 0.6 is 0 Å². The number of nitrogens with two attached hydrogens (primary N) is 1. The summed E-state index contributed by atoms with van der Waals surface area (Å²) in [7, 11) is 0. The number of carbonyl (C=O) groups excluding carboxylic acids is 1. The Hall–Kier alpha value is -3.49. The van der Waals surface area contributed by atoms with Gasteiger partial charge in [0.15, 0.2) is 11.4 Å². The van der Waals surface area contributed by atoms with E-state index < -0.39 is 5.91 Å². The van der Waals surface area contributed by atoms with Crippen molar-refractivity contribution in [2.75, 3.05) is 5.73 Å². The number of anilines is 1. The highest BCUT2D eigenvalue weighted by Crippen LogP contribution is 2.21. The Kier molecular flexibility index (Phi) is 4.53. The quantitative estimate of drug-likeness (QED) is 0.654. The van der Waals surface area contributed by atoms with Gasteiger partial charge in [-0.25, -0.2) is 19.0 Å². The zero-order chi connectivity index (χ0) is 18.8. The smallest absolute Gasteiger partial charge is 0.275 e. The first kappa shape index (κ1) is 17.3. The molecule has 2 heterocycles. The van der Waals surface area contributed by atoms with Crippen LogP contribution in [0.1, 0.15) is 27.4 Å². The largest absolute Gasteiger partial charge is 0.504 e. The van der Waals surface area contributed by atoms with E-state index in [-0.39, 0.29) is 29.6 Å². The fourth-order valence-corrected chi connectivity index (χ4v) is 2.43. The molecule has 0 spiro atoms. The predicted octanol–water partition coefficient (Wildman–Crippen LogP) is 1.64. The van der Waals surface area contributed by atoms with Crippen LogP contribution in [-0.4, -0.2) is 30.8 Å². The molecule has 2 aromatic heterocycles. The number of hydrogen-bond acceptors (Lipinski definition) is 6. The number of benzene rings is 1. The predicted molar refractivity (Wildman–Crippen MR) is 92.3 cm³/mol. The Balaban J connectivity index is 1.79. The van der Waals surface area contributed by atoms with Crippen LogP contribution in [0.3, 0.4) is 0 Å². The van der Waals surface area contributed by atoms with Crippen molar-refractivity contribution in [3.8, 4) is 11.4 Å². The maximum atomic E-state index is 13.2. The molecule has 0 aliphatic carbocycles. The van der Waals surface area contributed by atoms with E-state index in [2.05, 4.69) is 20.4 Å². The number of halogens is 1. The van der Waals surface area contributed by atoms with Gasteiger partial charge >= 0.3 is 0 Å². The normalized spacial score (nSPS) is 10.7. The van der Waals surface area contributed by atoms with Gasteiger partial charge in [0.2, 0.25) is 0 Å². The lowest BCUT2D eigenvalue weighted by Crippen LogP contribution is -2.24. The number of carbonyl (C=O) groups is 1. The van der Waals surface area contributed by atoms with E-state index >= 15 is 0 Å². The number of aromatic hydroxyl groups is 1. The van der Waals surface area contributed by atoms with Crippen molar-refractivity contribution in [2.24, 2.45) is 0 Å². The zero-order valence-electron chi connectivity index (χ0n) is 14.2. The summed E-state index contributed by atoms with van der Waals surface area (Å²) in [5.74, 6) is -0.447. The molecular weight excluding hydrogens is 339 g/mol. The molecule has 0 saturated carbocycles. The Morgan fingerprint density at radius 3 is 2.85 bits per heavy atom. The molecule has 0 aliphatic rings. The van der Waals surface area contributed by atoms with Crippen LogP contribution in [-0.2, 0) is 6.54 Å². The SMILES string of the molecule is Cc1ncc(CNC(=O)c2nn(-c3ccc(F)cc3C)cc2O)c(N)n1. The lowest BCUT2D eigenvalue weighted by atomic mass is 10.2. The van der Waals surface area contributed by atoms with Gasteiger partial charge in [0, 0.05) is 18.3 Å². The number of aryl methyl sites for hydroxylation is 2. The van der Waals surface area contributed by atoms with Crippen molar-refractivity contribution in [1.82, 2.24) is 25.1 Å². The van der Waals surface area contributed by atoms with E-state index in [0.29, 0.717) is 22.6 Å². The first-order valence-electron chi connectivity index (χ1n) is 7.76. The van der Waals surface area contributed by atoms with Gasteiger partial charge < -0.3 is 16.2 Å². The molecule has 0 bridgehead atoms. The average molecular weight is 356 g/mol. The molecule has 0 unspecified atom stereocenters. The fraction of sp³-hybridized carbons (Fsp3) is 0.176. The lowest BCUT2D eigenvalue weighted by molar-refractivity contribution is 0.0943. The summed E-state index contributed by atoms with van der Waals surface area (Å²) >= 11 is 0. The summed E-state index contributed by atoms with van der Waals surface area (Å²) < 4.78 is 14.6. The van der Waals surface area contributed by atoms with Crippen LogP contribution in [0, 0.1) is 19.7 Å². The van der Waals surface area contributed by atoms with Crippen LogP contribution < -0.4 is 11.1 Å². The molecule has 8 nitrogen and oxygen atoms in total. The van der Waals surface area contributed by atoms with E-state index in [1.807, 2.05) is 0 Å². The summed E-state index contributed by atoms with van der Waals surface area (Å²) in [5.41, 5.74) is 7.35. The van der Waals surface area contributed by atoms with E-state index in [1.54, 1.807) is 13.8 Å². The van der Waals surface area contributed by atoms with Gasteiger partial charge in [0.25, 0.3) is 5.91 Å². The lowest BCUT2D eigenvalue weighted by Gasteiger charge is -2.07. The fourth-order valence-electron chi connectivity index (χ4n) is 2.43. The third-order valence-electron chi connectivity index (χ3n) is 3.77. The average Bonchev–Trinajstić information content (AvgIpc) is 2.95. The second-order valence-corrected chi connectivity index (χ2v) is 5.75. The van der Waals surface area contributed by atoms with Crippen LogP contribution in [0.4, 0.5) is 10.2 Å².